The molecule has 2 rings (SSSR count). The Kier molecular flexibility index (Phi) is 8.23. The van der Waals surface area contributed by atoms with Gasteiger partial charge in [-0.2, -0.15) is 18.3 Å². The first kappa shape index (κ1) is 22.9. The summed E-state index contributed by atoms with van der Waals surface area (Å²) in [6, 6.07) is 2.20. The number of carbonyl (C=O) groups is 1. The molecular formula is C17H23ClF3N5O. The van der Waals surface area contributed by atoms with Crippen molar-refractivity contribution in [3.8, 4) is 5.82 Å². The molecule has 2 aromatic rings. The second kappa shape index (κ2) is 9.70. The van der Waals surface area contributed by atoms with E-state index in [1.807, 2.05) is 20.9 Å². The zero-order valence-corrected chi connectivity index (χ0v) is 16.1. The number of nitrogens with one attached hydrogen (secondary N) is 2. The van der Waals surface area contributed by atoms with Crippen LogP contribution in [-0.2, 0) is 6.18 Å². The Morgan fingerprint density at radius 1 is 1.22 bits per heavy atom. The molecule has 10 heteroatoms. The number of pyridine rings is 1. The van der Waals surface area contributed by atoms with Gasteiger partial charge in [0.15, 0.2) is 5.82 Å². The third kappa shape index (κ3) is 5.67. The van der Waals surface area contributed by atoms with Gasteiger partial charge in [-0.05, 0) is 38.1 Å². The molecule has 2 heterocycles. The first-order valence-electron chi connectivity index (χ1n) is 8.30. The highest BCUT2D eigenvalue weighted by Gasteiger charge is 2.31. The molecule has 0 fully saturated rings. The smallest absolute Gasteiger partial charge is 0.352 e. The number of hydrogen-bond donors (Lipinski definition) is 2. The first-order valence-corrected chi connectivity index (χ1v) is 8.30. The molecule has 0 aromatic carbocycles. The van der Waals surface area contributed by atoms with Gasteiger partial charge in [0, 0.05) is 12.7 Å². The van der Waals surface area contributed by atoms with Crippen molar-refractivity contribution < 1.29 is 18.0 Å². The maximum absolute atomic E-state index is 12.7. The minimum Gasteiger partial charge on any atom is -0.352 e. The van der Waals surface area contributed by atoms with Gasteiger partial charge >= 0.3 is 6.18 Å². The van der Waals surface area contributed by atoms with E-state index in [-0.39, 0.29) is 30.0 Å². The molecule has 150 valence electrons. The number of alkyl halides is 3. The van der Waals surface area contributed by atoms with E-state index in [4.69, 9.17) is 0 Å². The van der Waals surface area contributed by atoms with Crippen LogP contribution in [0.3, 0.4) is 0 Å². The molecule has 0 aliphatic heterocycles. The second-order valence-corrected chi connectivity index (χ2v) is 6.13. The molecule has 0 spiro atoms. The number of amides is 1. The predicted octanol–water partition coefficient (Wildman–Crippen LogP) is 3.17. The molecule has 0 saturated carbocycles. The summed E-state index contributed by atoms with van der Waals surface area (Å²) in [5.74, 6) is -0.0986. The Balaban J connectivity index is 0.00000364. The zero-order valence-electron chi connectivity index (χ0n) is 15.3. The maximum Gasteiger partial charge on any atom is 0.417 e. The average Bonchev–Trinajstić information content (AvgIpc) is 3.03. The third-order valence-electron chi connectivity index (χ3n) is 3.78. The van der Waals surface area contributed by atoms with Gasteiger partial charge in [-0.25, -0.2) is 9.67 Å². The number of hydrogen-bond acceptors (Lipinski definition) is 4. The highest BCUT2D eigenvalue weighted by atomic mass is 35.5. The normalized spacial score (nSPS) is 11.4. The van der Waals surface area contributed by atoms with E-state index in [2.05, 4.69) is 20.7 Å². The molecule has 0 saturated heterocycles. The summed E-state index contributed by atoms with van der Waals surface area (Å²) in [6.45, 7) is 5.07. The molecule has 0 atom stereocenters. The molecule has 0 aliphatic rings. The monoisotopic (exact) mass is 405 g/mol. The first-order chi connectivity index (χ1) is 12.3. The minimum absolute atomic E-state index is 0. The van der Waals surface area contributed by atoms with Gasteiger partial charge in [-0.1, -0.05) is 13.8 Å². The number of nitrogens with zero attached hydrogens (tertiary/aromatic N) is 3. The average molecular weight is 406 g/mol. The van der Waals surface area contributed by atoms with Gasteiger partial charge in [-0.15, -0.1) is 12.4 Å². The number of aromatic nitrogens is 3. The van der Waals surface area contributed by atoms with Crippen LogP contribution >= 0.6 is 12.4 Å². The Morgan fingerprint density at radius 3 is 2.44 bits per heavy atom. The van der Waals surface area contributed by atoms with E-state index >= 15 is 0 Å². The topological polar surface area (TPSA) is 71.8 Å². The Morgan fingerprint density at radius 2 is 1.93 bits per heavy atom. The van der Waals surface area contributed by atoms with Crippen LogP contribution in [0.4, 0.5) is 13.2 Å². The molecule has 0 radical (unpaired) electrons. The summed E-state index contributed by atoms with van der Waals surface area (Å²) in [6.07, 6.45) is -1.48. The van der Waals surface area contributed by atoms with Crippen molar-refractivity contribution in [3.63, 3.8) is 0 Å². The third-order valence-corrected chi connectivity index (χ3v) is 3.78. The van der Waals surface area contributed by atoms with E-state index in [1.54, 1.807) is 0 Å². The molecule has 0 unspecified atom stereocenters. The van der Waals surface area contributed by atoms with Crippen LogP contribution in [0.25, 0.3) is 5.82 Å². The summed E-state index contributed by atoms with van der Waals surface area (Å²) in [7, 11) is 1.83. The summed E-state index contributed by atoms with van der Waals surface area (Å²) < 4.78 is 39.5. The Hall–Kier alpha value is -2.13. The van der Waals surface area contributed by atoms with Crippen LogP contribution in [0.2, 0.25) is 0 Å². The van der Waals surface area contributed by atoms with Gasteiger partial charge in [0.25, 0.3) is 5.91 Å². The van der Waals surface area contributed by atoms with Crippen molar-refractivity contribution in [1.29, 1.82) is 0 Å². The number of carbonyl (C=O) groups excluding carboxylic acids is 1. The van der Waals surface area contributed by atoms with Gasteiger partial charge in [0.1, 0.15) is 0 Å². The van der Waals surface area contributed by atoms with Crippen molar-refractivity contribution >= 4 is 18.3 Å². The lowest BCUT2D eigenvalue weighted by Gasteiger charge is -2.13. The predicted molar refractivity (Wildman–Crippen MR) is 98.6 cm³/mol. The summed E-state index contributed by atoms with van der Waals surface area (Å²) in [4.78, 5) is 16.3. The maximum atomic E-state index is 12.7. The molecular weight excluding hydrogens is 383 g/mol. The van der Waals surface area contributed by atoms with Crippen molar-refractivity contribution in [1.82, 2.24) is 25.4 Å². The molecule has 6 nitrogen and oxygen atoms in total. The SMILES string of the molecule is CNCCCNC(=O)c1cnn(-c2ccc(C(F)(F)F)cn2)c1C(C)C.Cl. The van der Waals surface area contributed by atoms with Gasteiger partial charge < -0.3 is 10.6 Å². The van der Waals surface area contributed by atoms with Crippen LogP contribution in [0.5, 0.6) is 0 Å². The van der Waals surface area contributed by atoms with Gasteiger partial charge in [-0.3, -0.25) is 4.79 Å². The summed E-state index contributed by atoms with van der Waals surface area (Å²) >= 11 is 0. The molecule has 2 N–H and O–H groups in total. The lowest BCUT2D eigenvalue weighted by molar-refractivity contribution is -0.137. The van der Waals surface area contributed by atoms with E-state index in [0.717, 1.165) is 25.2 Å². The van der Waals surface area contributed by atoms with Crippen molar-refractivity contribution in [2.45, 2.75) is 32.4 Å². The van der Waals surface area contributed by atoms with E-state index in [0.29, 0.717) is 17.8 Å². The fourth-order valence-corrected chi connectivity index (χ4v) is 2.51. The number of halogens is 4. The standard InChI is InChI=1S/C17H22F3N5O.ClH/c1-11(2)15-13(16(26)22-8-4-7-21-3)10-24-25(15)14-6-5-12(9-23-14)17(18,19)20;/h5-6,9-11,21H,4,7-8H2,1-3H3,(H,22,26);1H. The fourth-order valence-electron chi connectivity index (χ4n) is 2.51. The zero-order chi connectivity index (χ0) is 19.3. The summed E-state index contributed by atoms with van der Waals surface area (Å²) in [5, 5.41) is 9.98. The van der Waals surface area contributed by atoms with E-state index in [9.17, 15) is 18.0 Å². The van der Waals surface area contributed by atoms with Crippen molar-refractivity contribution in [2.24, 2.45) is 0 Å². The van der Waals surface area contributed by atoms with Crippen LogP contribution in [0.1, 0.15) is 47.8 Å². The van der Waals surface area contributed by atoms with Crippen molar-refractivity contribution in [2.75, 3.05) is 20.1 Å². The molecule has 0 aliphatic carbocycles. The number of rotatable bonds is 7. The van der Waals surface area contributed by atoms with Crippen LogP contribution in [-0.4, -0.2) is 40.8 Å². The minimum atomic E-state index is -4.45. The highest BCUT2D eigenvalue weighted by molar-refractivity contribution is 5.95. The molecule has 0 bridgehead atoms. The van der Waals surface area contributed by atoms with Crippen LogP contribution < -0.4 is 10.6 Å². The quantitative estimate of drug-likeness (QED) is 0.694. The highest BCUT2D eigenvalue weighted by Crippen LogP contribution is 2.29. The molecule has 1 amide bonds. The van der Waals surface area contributed by atoms with E-state index < -0.39 is 11.7 Å². The Bertz CT molecular complexity index is 744. The lowest BCUT2D eigenvalue weighted by Crippen LogP contribution is -2.27. The second-order valence-electron chi connectivity index (χ2n) is 6.13. The van der Waals surface area contributed by atoms with Crippen LogP contribution in [0, 0.1) is 0 Å². The van der Waals surface area contributed by atoms with Crippen molar-refractivity contribution in [3.05, 3.63) is 41.3 Å². The Labute approximate surface area is 162 Å². The van der Waals surface area contributed by atoms with Crippen LogP contribution in [0.15, 0.2) is 24.5 Å². The summed E-state index contributed by atoms with van der Waals surface area (Å²) in [5.41, 5.74) is 0.163. The lowest BCUT2D eigenvalue weighted by atomic mass is 10.1. The molecule has 27 heavy (non-hydrogen) atoms. The molecule has 2 aromatic heterocycles. The fraction of sp³-hybridized carbons (Fsp3) is 0.471. The largest absolute Gasteiger partial charge is 0.417 e. The van der Waals surface area contributed by atoms with Gasteiger partial charge in [0.05, 0.1) is 23.0 Å². The van der Waals surface area contributed by atoms with Gasteiger partial charge in [0.2, 0.25) is 0 Å². The van der Waals surface area contributed by atoms with E-state index in [1.165, 1.54) is 16.9 Å².